The zero-order valence-electron chi connectivity index (χ0n) is 22.7. The molecule has 2 fully saturated rings. The molecule has 1 heterocycles. The third-order valence-electron chi connectivity index (χ3n) is 8.54. The zero-order valence-corrected chi connectivity index (χ0v) is 22.7. The molecule has 2 aromatic rings. The maximum Gasteiger partial charge on any atom is 0.417 e. The number of alkyl halides is 3. The average molecular weight is 524 g/mol. The van der Waals surface area contributed by atoms with Gasteiger partial charge in [-0.15, -0.1) is 6.42 Å². The second-order valence-corrected chi connectivity index (χ2v) is 11.3. The van der Waals surface area contributed by atoms with Crippen LogP contribution in [-0.2, 0) is 19.1 Å². The Morgan fingerprint density at radius 2 is 1.71 bits per heavy atom. The van der Waals surface area contributed by atoms with Gasteiger partial charge in [0.25, 0.3) is 0 Å². The molecule has 4 rings (SSSR count). The van der Waals surface area contributed by atoms with Crippen LogP contribution < -0.4 is 5.32 Å². The molecule has 204 valence electrons. The number of hydrogen-bond acceptors (Lipinski definition) is 3. The van der Waals surface area contributed by atoms with Crippen LogP contribution >= 0.6 is 0 Å². The summed E-state index contributed by atoms with van der Waals surface area (Å²) in [6.07, 6.45) is 7.38. The first-order chi connectivity index (χ1) is 18.1. The van der Waals surface area contributed by atoms with Crippen molar-refractivity contribution in [1.29, 1.82) is 0 Å². The van der Waals surface area contributed by atoms with E-state index in [0.29, 0.717) is 11.6 Å². The number of nitrogens with one attached hydrogen (secondary N) is 1. The van der Waals surface area contributed by atoms with Gasteiger partial charge >= 0.3 is 6.18 Å². The molecule has 0 radical (unpaired) electrons. The molecular formula is C32H40F3N3. The second kappa shape index (κ2) is 12.0. The van der Waals surface area contributed by atoms with E-state index in [2.05, 4.69) is 65.9 Å². The van der Waals surface area contributed by atoms with E-state index in [1.165, 1.54) is 36.5 Å². The molecule has 38 heavy (non-hydrogen) atoms. The van der Waals surface area contributed by atoms with Crippen molar-refractivity contribution in [2.75, 3.05) is 38.5 Å². The molecule has 0 amide bonds. The van der Waals surface area contributed by atoms with Gasteiger partial charge in [0.2, 0.25) is 0 Å². The predicted octanol–water partition coefficient (Wildman–Crippen LogP) is 7.19. The Morgan fingerprint density at radius 3 is 2.37 bits per heavy atom. The second-order valence-electron chi connectivity index (χ2n) is 11.3. The lowest BCUT2D eigenvalue weighted by Crippen LogP contribution is -2.43. The summed E-state index contributed by atoms with van der Waals surface area (Å²) in [5.74, 6) is 2.56. The molecule has 2 aliphatic rings. The van der Waals surface area contributed by atoms with Crippen molar-refractivity contribution >= 4 is 5.69 Å². The summed E-state index contributed by atoms with van der Waals surface area (Å²) in [5.41, 5.74) is 2.41. The zero-order chi connectivity index (χ0) is 27.3. The smallest absolute Gasteiger partial charge is 0.359 e. The number of anilines is 1. The van der Waals surface area contributed by atoms with Gasteiger partial charge in [-0.2, -0.15) is 13.2 Å². The lowest BCUT2D eigenvalue weighted by atomic mass is 9.65. The monoisotopic (exact) mass is 523 g/mol. The quantitative estimate of drug-likeness (QED) is 0.370. The van der Waals surface area contributed by atoms with Crippen LogP contribution in [0.2, 0.25) is 0 Å². The normalized spacial score (nSPS) is 19.5. The van der Waals surface area contributed by atoms with E-state index < -0.39 is 11.7 Å². The van der Waals surface area contributed by atoms with Gasteiger partial charge < -0.3 is 10.2 Å². The van der Waals surface area contributed by atoms with Gasteiger partial charge in [0.1, 0.15) is 0 Å². The van der Waals surface area contributed by atoms with Crippen molar-refractivity contribution in [2.45, 2.75) is 58.2 Å². The Bertz CT molecular complexity index is 1150. The summed E-state index contributed by atoms with van der Waals surface area (Å²) in [5, 5.41) is 3.27. The number of terminal acetylenes is 1. The Labute approximate surface area is 226 Å². The molecule has 0 aromatic heterocycles. The topological polar surface area (TPSA) is 18.5 Å². The molecule has 3 nitrogen and oxygen atoms in total. The SMILES string of the molecule is C#Cc1ccc(NC(=C)C(C)(Cc2cccc(CN3CCN(C)CC3)c2)C2CCCCC2)cc1C(F)(F)F. The van der Waals surface area contributed by atoms with Crippen LogP contribution in [0.1, 0.15) is 61.3 Å². The van der Waals surface area contributed by atoms with E-state index >= 15 is 0 Å². The minimum atomic E-state index is -4.52. The maximum atomic E-state index is 13.6. The first-order valence-electron chi connectivity index (χ1n) is 13.7. The number of piperazine rings is 1. The average Bonchev–Trinajstić information content (AvgIpc) is 2.90. The van der Waals surface area contributed by atoms with Crippen LogP contribution in [-0.4, -0.2) is 43.0 Å². The van der Waals surface area contributed by atoms with Gasteiger partial charge in [-0.3, -0.25) is 4.90 Å². The molecule has 1 aliphatic heterocycles. The fourth-order valence-electron chi connectivity index (χ4n) is 6.06. The summed E-state index contributed by atoms with van der Waals surface area (Å²) in [6.45, 7) is 11.9. The van der Waals surface area contributed by atoms with Crippen LogP contribution in [0.5, 0.6) is 0 Å². The number of rotatable bonds is 8. The molecule has 1 saturated heterocycles. The molecular weight excluding hydrogens is 483 g/mol. The largest absolute Gasteiger partial charge is 0.417 e. The van der Waals surface area contributed by atoms with E-state index in [4.69, 9.17) is 6.42 Å². The van der Waals surface area contributed by atoms with E-state index in [0.717, 1.165) is 63.7 Å². The first kappa shape index (κ1) is 28.3. The molecule has 1 atom stereocenters. The van der Waals surface area contributed by atoms with Crippen molar-refractivity contribution in [3.63, 3.8) is 0 Å². The maximum absolute atomic E-state index is 13.6. The number of nitrogens with zero attached hydrogens (tertiary/aromatic N) is 2. The summed E-state index contributed by atoms with van der Waals surface area (Å²) < 4.78 is 40.9. The summed E-state index contributed by atoms with van der Waals surface area (Å²) in [6, 6.07) is 12.9. The minimum Gasteiger partial charge on any atom is -0.359 e. The highest BCUT2D eigenvalue weighted by molar-refractivity contribution is 5.57. The van der Waals surface area contributed by atoms with Gasteiger partial charge in [0.15, 0.2) is 0 Å². The number of allylic oxidation sites excluding steroid dienone is 1. The third kappa shape index (κ3) is 6.81. The first-order valence-corrected chi connectivity index (χ1v) is 13.7. The molecule has 0 bridgehead atoms. The van der Waals surface area contributed by atoms with Crippen molar-refractivity contribution in [1.82, 2.24) is 9.80 Å². The van der Waals surface area contributed by atoms with Crippen LogP contribution in [0.4, 0.5) is 18.9 Å². The molecule has 2 aromatic carbocycles. The molecule has 1 saturated carbocycles. The van der Waals surface area contributed by atoms with Crippen LogP contribution in [0.25, 0.3) is 0 Å². The van der Waals surface area contributed by atoms with Crippen molar-refractivity contribution in [3.8, 4) is 12.3 Å². The molecule has 1 N–H and O–H groups in total. The molecule has 6 heteroatoms. The fourth-order valence-corrected chi connectivity index (χ4v) is 6.06. The third-order valence-corrected chi connectivity index (χ3v) is 8.54. The lowest BCUT2D eigenvalue weighted by molar-refractivity contribution is -0.137. The molecule has 1 aliphatic carbocycles. The Balaban J connectivity index is 1.56. The Kier molecular flexibility index (Phi) is 8.90. The molecule has 1 unspecified atom stereocenters. The van der Waals surface area contributed by atoms with Gasteiger partial charge in [-0.05, 0) is 61.6 Å². The summed E-state index contributed by atoms with van der Waals surface area (Å²) in [7, 11) is 2.17. The molecule has 0 spiro atoms. The van der Waals surface area contributed by atoms with Gasteiger partial charge in [0, 0.05) is 55.1 Å². The lowest BCUT2D eigenvalue weighted by Gasteiger charge is -2.42. The Morgan fingerprint density at radius 1 is 1.03 bits per heavy atom. The number of hydrogen-bond donors (Lipinski definition) is 1. The Hall–Kier alpha value is -2.75. The predicted molar refractivity (Wildman–Crippen MR) is 150 cm³/mol. The van der Waals surface area contributed by atoms with E-state index in [-0.39, 0.29) is 11.0 Å². The minimum absolute atomic E-state index is 0.152. The fraction of sp³-hybridized carbons (Fsp3) is 0.500. The highest BCUT2D eigenvalue weighted by atomic mass is 19.4. The number of halogens is 3. The number of benzene rings is 2. The highest BCUT2D eigenvalue weighted by Gasteiger charge is 2.38. The van der Waals surface area contributed by atoms with Crippen LogP contribution in [0.3, 0.4) is 0 Å². The van der Waals surface area contributed by atoms with Crippen molar-refractivity contribution in [2.24, 2.45) is 11.3 Å². The van der Waals surface area contributed by atoms with Crippen molar-refractivity contribution in [3.05, 3.63) is 77.0 Å². The highest BCUT2D eigenvalue weighted by Crippen LogP contribution is 2.46. The summed E-state index contributed by atoms with van der Waals surface area (Å²) in [4.78, 5) is 4.86. The van der Waals surface area contributed by atoms with Crippen LogP contribution in [0.15, 0.2) is 54.7 Å². The van der Waals surface area contributed by atoms with E-state index in [9.17, 15) is 13.2 Å². The van der Waals surface area contributed by atoms with Crippen LogP contribution in [0, 0.1) is 23.7 Å². The van der Waals surface area contributed by atoms with Gasteiger partial charge in [-0.1, -0.05) is 63.0 Å². The van der Waals surface area contributed by atoms with Crippen molar-refractivity contribution < 1.29 is 13.2 Å². The van der Waals surface area contributed by atoms with Gasteiger partial charge in [0.05, 0.1) is 5.56 Å². The standard InChI is InChI=1S/C32H40F3N3/c1-5-27-14-15-29(21-30(27)32(33,34)35)36-24(2)31(3,28-12-7-6-8-13-28)22-25-10-9-11-26(20-25)23-38-18-16-37(4)17-19-38/h1,9-11,14-15,20-21,28,36H,2,6-8,12-13,16-19,22-23H2,3-4H3. The van der Waals surface area contributed by atoms with E-state index in [1.807, 2.05) is 0 Å². The van der Waals surface area contributed by atoms with E-state index in [1.54, 1.807) is 6.07 Å². The van der Waals surface area contributed by atoms with Gasteiger partial charge in [-0.25, -0.2) is 0 Å². The number of likely N-dealkylation sites (N-methyl/N-ethyl adjacent to an activating group) is 1. The summed E-state index contributed by atoms with van der Waals surface area (Å²) >= 11 is 0.